The number of benzene rings is 1. The van der Waals surface area contributed by atoms with E-state index in [1.165, 1.54) is 6.07 Å². The predicted octanol–water partition coefficient (Wildman–Crippen LogP) is 1.53. The van der Waals surface area contributed by atoms with Gasteiger partial charge in [-0.15, -0.1) is 0 Å². The second-order valence-electron chi connectivity index (χ2n) is 3.98. The lowest BCUT2D eigenvalue weighted by molar-refractivity contribution is -0.670. The highest BCUT2D eigenvalue weighted by molar-refractivity contribution is 5.16. The van der Waals surface area contributed by atoms with Crippen LogP contribution in [-0.4, -0.2) is 11.5 Å². The van der Waals surface area contributed by atoms with Gasteiger partial charge in [-0.2, -0.15) is 0 Å². The zero-order chi connectivity index (χ0) is 11.9. The molecule has 0 aliphatic rings. The highest BCUT2D eigenvalue weighted by Crippen LogP contribution is 2.02. The van der Waals surface area contributed by atoms with Gasteiger partial charge in [0.2, 0.25) is 0 Å². The summed E-state index contributed by atoms with van der Waals surface area (Å²) in [6.07, 6.45) is 2.68. The van der Waals surface area contributed by atoms with Gasteiger partial charge in [0, 0.05) is 12.6 Å². The minimum Gasteiger partial charge on any atom is -0.341 e. The van der Waals surface area contributed by atoms with Gasteiger partial charge in [0.25, 0.3) is 0 Å². The molecule has 0 radical (unpaired) electrons. The van der Waals surface area contributed by atoms with E-state index in [1.807, 2.05) is 24.3 Å². The molecule has 2 N–H and O–H groups in total. The molecule has 88 valence electrons. The Morgan fingerprint density at radius 3 is 2.82 bits per heavy atom. The van der Waals surface area contributed by atoms with Gasteiger partial charge in [0.15, 0.2) is 0 Å². The Kier molecular flexibility index (Phi) is 4.22. The minimum absolute atomic E-state index is 0.160. The van der Waals surface area contributed by atoms with Crippen molar-refractivity contribution in [2.45, 2.75) is 13.0 Å². The average Bonchev–Trinajstić information content (AvgIpc) is 2.36. The number of aromatic nitrogens is 1. The van der Waals surface area contributed by atoms with Crippen LogP contribution in [0.4, 0.5) is 4.39 Å². The van der Waals surface area contributed by atoms with Crippen molar-refractivity contribution in [3.05, 3.63) is 65.7 Å². The maximum Gasteiger partial charge on any atom is 0.123 e. The highest BCUT2D eigenvalue weighted by Gasteiger charge is 1.98. The van der Waals surface area contributed by atoms with E-state index in [2.05, 4.69) is 10.3 Å². The number of nitrogens with two attached hydrogens (primary N) is 1. The molecule has 3 heteroatoms. The highest BCUT2D eigenvalue weighted by atomic mass is 19.1. The molecule has 2 rings (SSSR count). The molecule has 0 aliphatic heterocycles. The van der Waals surface area contributed by atoms with Crippen molar-refractivity contribution in [1.82, 2.24) is 4.98 Å². The summed E-state index contributed by atoms with van der Waals surface area (Å²) in [4.78, 5) is 4.25. The van der Waals surface area contributed by atoms with Gasteiger partial charge >= 0.3 is 0 Å². The second kappa shape index (κ2) is 6.11. The quantitative estimate of drug-likeness (QED) is 0.777. The summed E-state index contributed by atoms with van der Waals surface area (Å²) >= 11 is 0. The molecule has 1 aromatic carbocycles. The van der Waals surface area contributed by atoms with E-state index in [0.717, 1.165) is 30.8 Å². The molecule has 0 saturated heterocycles. The lowest BCUT2D eigenvalue weighted by Crippen LogP contribution is -2.83. The van der Waals surface area contributed by atoms with Crippen LogP contribution in [0.2, 0.25) is 0 Å². The summed E-state index contributed by atoms with van der Waals surface area (Å²) in [6, 6.07) is 12.7. The first kappa shape index (κ1) is 11.7. The molecule has 0 saturated carbocycles. The van der Waals surface area contributed by atoms with Crippen molar-refractivity contribution >= 4 is 0 Å². The molecule has 0 fully saturated rings. The van der Waals surface area contributed by atoms with Crippen LogP contribution < -0.4 is 5.32 Å². The van der Waals surface area contributed by atoms with E-state index >= 15 is 0 Å². The minimum atomic E-state index is -0.160. The first-order valence-corrected chi connectivity index (χ1v) is 5.80. The van der Waals surface area contributed by atoms with Gasteiger partial charge in [-0.1, -0.05) is 18.2 Å². The second-order valence-corrected chi connectivity index (χ2v) is 3.98. The van der Waals surface area contributed by atoms with Gasteiger partial charge < -0.3 is 5.32 Å². The zero-order valence-electron chi connectivity index (χ0n) is 9.64. The molecule has 0 atom stereocenters. The molecular weight excluding hydrogens is 215 g/mol. The standard InChI is InChI=1S/C14H15FN2/c15-13-5-3-4-12(10-13)7-9-16-11-14-6-1-2-8-17-14/h1-6,8,10,16H,7,9,11H2/p+1. The smallest absolute Gasteiger partial charge is 0.123 e. The van der Waals surface area contributed by atoms with E-state index in [-0.39, 0.29) is 5.82 Å². The third-order valence-electron chi connectivity index (χ3n) is 2.61. The Hall–Kier alpha value is -1.74. The van der Waals surface area contributed by atoms with Crippen LogP contribution >= 0.6 is 0 Å². The predicted molar refractivity (Wildman–Crippen MR) is 64.8 cm³/mol. The van der Waals surface area contributed by atoms with E-state index in [0.29, 0.717) is 0 Å². The van der Waals surface area contributed by atoms with Gasteiger partial charge in [0.05, 0.1) is 12.2 Å². The molecule has 0 spiro atoms. The van der Waals surface area contributed by atoms with Crippen LogP contribution in [0.3, 0.4) is 0 Å². The summed E-state index contributed by atoms with van der Waals surface area (Å²) in [5, 5.41) is 2.19. The van der Waals surface area contributed by atoms with Crippen molar-refractivity contribution in [2.24, 2.45) is 0 Å². The fourth-order valence-corrected chi connectivity index (χ4v) is 1.73. The monoisotopic (exact) mass is 231 g/mol. The Labute approximate surface area is 101 Å². The Morgan fingerprint density at radius 1 is 1.12 bits per heavy atom. The van der Waals surface area contributed by atoms with Gasteiger partial charge in [0.1, 0.15) is 12.4 Å². The number of nitrogens with zero attached hydrogens (tertiary/aromatic N) is 1. The maximum atomic E-state index is 12.9. The van der Waals surface area contributed by atoms with Crippen LogP contribution in [0.15, 0.2) is 48.7 Å². The molecule has 1 aromatic heterocycles. The molecule has 2 aromatic rings. The fourth-order valence-electron chi connectivity index (χ4n) is 1.73. The van der Waals surface area contributed by atoms with E-state index in [4.69, 9.17) is 0 Å². The van der Waals surface area contributed by atoms with Gasteiger partial charge in [-0.25, -0.2) is 4.39 Å². The van der Waals surface area contributed by atoms with Crippen molar-refractivity contribution in [3.63, 3.8) is 0 Å². The SMILES string of the molecule is Fc1cccc(CC[NH2+]Cc2ccccn2)c1. The molecular formula is C14H16FN2+. The first-order chi connectivity index (χ1) is 8.34. The van der Waals surface area contributed by atoms with Crippen LogP contribution in [-0.2, 0) is 13.0 Å². The number of pyridine rings is 1. The van der Waals surface area contributed by atoms with E-state index < -0.39 is 0 Å². The maximum absolute atomic E-state index is 12.9. The Balaban J connectivity index is 1.73. The molecule has 17 heavy (non-hydrogen) atoms. The molecule has 0 amide bonds. The van der Waals surface area contributed by atoms with E-state index in [9.17, 15) is 4.39 Å². The third-order valence-corrected chi connectivity index (χ3v) is 2.61. The normalized spacial score (nSPS) is 10.4. The summed E-state index contributed by atoms with van der Waals surface area (Å²) in [5.74, 6) is -0.160. The van der Waals surface area contributed by atoms with Crippen LogP contribution in [0.1, 0.15) is 11.3 Å². The van der Waals surface area contributed by atoms with E-state index in [1.54, 1.807) is 18.3 Å². The topological polar surface area (TPSA) is 29.5 Å². The molecule has 0 unspecified atom stereocenters. The Morgan fingerprint density at radius 2 is 2.06 bits per heavy atom. The van der Waals surface area contributed by atoms with Crippen molar-refractivity contribution in [3.8, 4) is 0 Å². The Bertz CT molecular complexity index is 457. The van der Waals surface area contributed by atoms with Crippen molar-refractivity contribution in [2.75, 3.05) is 6.54 Å². The summed E-state index contributed by atoms with van der Waals surface area (Å²) in [5.41, 5.74) is 2.12. The number of rotatable bonds is 5. The van der Waals surface area contributed by atoms with Gasteiger partial charge in [-0.05, 0) is 29.8 Å². The van der Waals surface area contributed by atoms with Crippen molar-refractivity contribution < 1.29 is 9.71 Å². The molecule has 2 nitrogen and oxygen atoms in total. The third kappa shape index (κ3) is 3.96. The van der Waals surface area contributed by atoms with Crippen molar-refractivity contribution in [1.29, 1.82) is 0 Å². The van der Waals surface area contributed by atoms with Gasteiger partial charge in [-0.3, -0.25) is 4.98 Å². The summed E-state index contributed by atoms with van der Waals surface area (Å²) in [6.45, 7) is 1.82. The zero-order valence-corrected chi connectivity index (χ0v) is 9.64. The van der Waals surface area contributed by atoms with Crippen LogP contribution in [0, 0.1) is 5.82 Å². The summed E-state index contributed by atoms with van der Waals surface area (Å²) in [7, 11) is 0. The summed E-state index contributed by atoms with van der Waals surface area (Å²) < 4.78 is 12.9. The lowest BCUT2D eigenvalue weighted by Gasteiger charge is -2.02. The number of halogens is 1. The average molecular weight is 231 g/mol. The largest absolute Gasteiger partial charge is 0.341 e. The number of hydrogen-bond donors (Lipinski definition) is 1. The lowest BCUT2D eigenvalue weighted by atomic mass is 10.1. The first-order valence-electron chi connectivity index (χ1n) is 5.80. The van der Waals surface area contributed by atoms with Crippen LogP contribution in [0.25, 0.3) is 0 Å². The fraction of sp³-hybridized carbons (Fsp3) is 0.214. The molecule has 0 aliphatic carbocycles. The molecule has 0 bridgehead atoms. The number of quaternary nitrogens is 1. The van der Waals surface area contributed by atoms with Crippen LogP contribution in [0.5, 0.6) is 0 Å². The number of hydrogen-bond acceptors (Lipinski definition) is 1. The molecule has 1 heterocycles.